The summed E-state index contributed by atoms with van der Waals surface area (Å²) in [6, 6.07) is 23.0. The molecule has 4 heteroatoms. The maximum atomic E-state index is 2.32. The molecule has 0 saturated carbocycles. The van der Waals surface area contributed by atoms with Gasteiger partial charge >= 0.3 is 0 Å². The van der Waals surface area contributed by atoms with Gasteiger partial charge in [0.05, 0.1) is 10.0 Å². The molecular weight excluding hydrogens is 404 g/mol. The Morgan fingerprint density at radius 2 is 0.800 bits per heavy atom. The third-order valence-electron chi connectivity index (χ3n) is 6.01. The molecule has 0 bridgehead atoms. The lowest BCUT2D eigenvalue weighted by atomic mass is 9.96. The Bertz CT molecular complexity index is 1480. The van der Waals surface area contributed by atoms with Crippen LogP contribution in [-0.4, -0.2) is 28.2 Å². The van der Waals surface area contributed by atoms with E-state index in [4.69, 9.17) is 0 Å². The van der Waals surface area contributed by atoms with Gasteiger partial charge in [-0.3, -0.25) is 0 Å². The van der Waals surface area contributed by atoms with Crippen molar-refractivity contribution >= 4 is 85.2 Å². The molecule has 6 aromatic rings. The van der Waals surface area contributed by atoms with Crippen molar-refractivity contribution in [1.29, 1.82) is 0 Å². The smallest absolute Gasteiger partial charge is 0.0916 e. The standard InChI is InChI=1S/C26H22N2S2/c1-27(2)23-13-15-5-7-19-17-10-12-22-20(18(17)9-11-21(19)25(15)29-23)8-6-16-14-24(28(3)4)30-26(16)22/h5-14H,1-4H3. The summed E-state index contributed by atoms with van der Waals surface area (Å²) in [5.41, 5.74) is 0. The van der Waals surface area contributed by atoms with Crippen LogP contribution in [0, 0.1) is 0 Å². The van der Waals surface area contributed by atoms with Crippen LogP contribution >= 0.6 is 22.7 Å². The van der Waals surface area contributed by atoms with Gasteiger partial charge in [0, 0.05) is 48.4 Å². The highest BCUT2D eigenvalue weighted by molar-refractivity contribution is 7.24. The number of fused-ring (bicyclic) bond motifs is 9. The predicted octanol–water partition coefficient (Wildman–Crippen LogP) is 7.71. The van der Waals surface area contributed by atoms with E-state index in [1.807, 2.05) is 22.7 Å². The first-order valence-corrected chi connectivity index (χ1v) is 11.7. The number of rotatable bonds is 2. The maximum absolute atomic E-state index is 2.32. The monoisotopic (exact) mass is 426 g/mol. The Kier molecular flexibility index (Phi) is 3.80. The fourth-order valence-corrected chi connectivity index (χ4v) is 6.67. The van der Waals surface area contributed by atoms with Crippen LogP contribution < -0.4 is 9.80 Å². The molecule has 0 fully saturated rings. The predicted molar refractivity (Wildman–Crippen MR) is 138 cm³/mol. The number of anilines is 2. The molecule has 0 amide bonds. The lowest BCUT2D eigenvalue weighted by Crippen LogP contribution is -2.05. The molecule has 0 aliphatic rings. The summed E-state index contributed by atoms with van der Waals surface area (Å²) in [6.45, 7) is 0. The van der Waals surface area contributed by atoms with Crippen LogP contribution in [0.2, 0.25) is 0 Å². The van der Waals surface area contributed by atoms with Gasteiger partial charge in [0.2, 0.25) is 0 Å². The first-order valence-electron chi connectivity index (χ1n) is 10.1. The number of hydrogen-bond donors (Lipinski definition) is 0. The first kappa shape index (κ1) is 18.0. The zero-order valence-electron chi connectivity index (χ0n) is 17.5. The average Bonchev–Trinajstić information content (AvgIpc) is 3.37. The fourth-order valence-electron chi connectivity index (χ4n) is 4.45. The number of benzene rings is 4. The van der Waals surface area contributed by atoms with E-state index in [1.54, 1.807) is 0 Å². The Morgan fingerprint density at radius 3 is 1.20 bits per heavy atom. The van der Waals surface area contributed by atoms with E-state index in [0.717, 1.165) is 0 Å². The molecule has 0 spiro atoms. The van der Waals surface area contributed by atoms with E-state index in [0.29, 0.717) is 0 Å². The molecular formula is C26H22N2S2. The summed E-state index contributed by atoms with van der Waals surface area (Å²) in [6.07, 6.45) is 0. The molecule has 0 unspecified atom stereocenters. The van der Waals surface area contributed by atoms with Crippen molar-refractivity contribution < 1.29 is 0 Å². The summed E-state index contributed by atoms with van der Waals surface area (Å²) >= 11 is 3.75. The lowest BCUT2D eigenvalue weighted by Gasteiger charge is -2.09. The quantitative estimate of drug-likeness (QED) is 0.262. The topological polar surface area (TPSA) is 6.48 Å². The zero-order valence-corrected chi connectivity index (χ0v) is 19.1. The van der Waals surface area contributed by atoms with E-state index in [2.05, 4.69) is 98.7 Å². The van der Waals surface area contributed by atoms with Crippen LogP contribution in [0.4, 0.5) is 10.0 Å². The van der Waals surface area contributed by atoms with Gasteiger partial charge in [-0.1, -0.05) is 48.5 Å². The van der Waals surface area contributed by atoms with Crippen molar-refractivity contribution in [1.82, 2.24) is 0 Å². The van der Waals surface area contributed by atoms with Crippen LogP contribution in [-0.2, 0) is 0 Å². The van der Waals surface area contributed by atoms with E-state index in [1.165, 1.54) is 62.5 Å². The molecule has 0 aliphatic heterocycles. The molecule has 148 valence electrons. The normalized spacial score (nSPS) is 12.0. The largest absolute Gasteiger partial charge is 0.370 e. The van der Waals surface area contributed by atoms with Gasteiger partial charge < -0.3 is 9.80 Å². The number of hydrogen-bond acceptors (Lipinski definition) is 4. The Morgan fingerprint density at radius 1 is 0.467 bits per heavy atom. The summed E-state index contributed by atoms with van der Waals surface area (Å²) in [4.78, 5) is 4.39. The Hall–Kier alpha value is -2.82. The molecule has 2 aromatic heterocycles. The van der Waals surface area contributed by atoms with Crippen LogP contribution in [0.15, 0.2) is 60.7 Å². The van der Waals surface area contributed by atoms with Gasteiger partial charge in [0.1, 0.15) is 0 Å². The minimum absolute atomic E-state index is 1.30. The van der Waals surface area contributed by atoms with E-state index >= 15 is 0 Å². The van der Waals surface area contributed by atoms with Crippen molar-refractivity contribution in [2.75, 3.05) is 38.0 Å². The Labute approximate surface area is 183 Å². The minimum Gasteiger partial charge on any atom is -0.370 e. The summed E-state index contributed by atoms with van der Waals surface area (Å²) in [5.74, 6) is 0. The van der Waals surface area contributed by atoms with E-state index < -0.39 is 0 Å². The third-order valence-corrected chi connectivity index (χ3v) is 8.71. The van der Waals surface area contributed by atoms with Crippen LogP contribution in [0.3, 0.4) is 0 Å². The Balaban J connectivity index is 1.68. The summed E-state index contributed by atoms with van der Waals surface area (Å²) in [7, 11) is 8.45. The molecule has 0 saturated heterocycles. The highest BCUT2D eigenvalue weighted by atomic mass is 32.1. The van der Waals surface area contributed by atoms with Gasteiger partial charge in [-0.2, -0.15) is 0 Å². The third kappa shape index (κ3) is 2.47. The van der Waals surface area contributed by atoms with Crippen molar-refractivity contribution in [3.05, 3.63) is 60.7 Å². The van der Waals surface area contributed by atoms with Crippen LogP contribution in [0.1, 0.15) is 0 Å². The number of thiophene rings is 2. The second kappa shape index (κ2) is 6.34. The highest BCUT2D eigenvalue weighted by Gasteiger charge is 2.13. The van der Waals surface area contributed by atoms with Gasteiger partial charge in [-0.15, -0.1) is 22.7 Å². The molecule has 4 aromatic carbocycles. The molecule has 2 heterocycles. The highest BCUT2D eigenvalue weighted by Crippen LogP contribution is 2.42. The zero-order chi connectivity index (χ0) is 20.6. The van der Waals surface area contributed by atoms with Crippen molar-refractivity contribution in [2.24, 2.45) is 0 Å². The van der Waals surface area contributed by atoms with Crippen LogP contribution in [0.25, 0.3) is 52.5 Å². The second-order valence-electron chi connectivity index (χ2n) is 8.34. The van der Waals surface area contributed by atoms with Gasteiger partial charge in [0.15, 0.2) is 0 Å². The molecule has 0 radical (unpaired) electrons. The van der Waals surface area contributed by atoms with Gasteiger partial charge in [0.25, 0.3) is 0 Å². The van der Waals surface area contributed by atoms with Crippen molar-refractivity contribution in [3.63, 3.8) is 0 Å². The second-order valence-corrected chi connectivity index (χ2v) is 10.4. The molecule has 6 rings (SSSR count). The first-order chi connectivity index (χ1) is 14.5. The molecule has 30 heavy (non-hydrogen) atoms. The SMILES string of the molecule is CN(C)c1cc2ccc3c4ccc5c(ccc6cc(N(C)C)sc65)c4ccc3c2s1. The summed E-state index contributed by atoms with van der Waals surface area (Å²) in [5, 5.41) is 13.3. The average molecular weight is 427 g/mol. The van der Waals surface area contributed by atoms with Crippen LogP contribution in [0.5, 0.6) is 0 Å². The molecule has 0 N–H and O–H groups in total. The van der Waals surface area contributed by atoms with E-state index in [-0.39, 0.29) is 0 Å². The fraction of sp³-hybridized carbons (Fsp3) is 0.154. The van der Waals surface area contributed by atoms with Crippen molar-refractivity contribution in [2.45, 2.75) is 0 Å². The minimum atomic E-state index is 1.30. The lowest BCUT2D eigenvalue weighted by molar-refractivity contribution is 1.16. The van der Waals surface area contributed by atoms with Crippen molar-refractivity contribution in [3.8, 4) is 0 Å². The molecule has 0 aliphatic carbocycles. The molecule has 2 nitrogen and oxygen atoms in total. The van der Waals surface area contributed by atoms with E-state index in [9.17, 15) is 0 Å². The summed E-state index contributed by atoms with van der Waals surface area (Å²) < 4.78 is 2.75. The number of nitrogens with zero attached hydrogens (tertiary/aromatic N) is 2. The van der Waals surface area contributed by atoms with Gasteiger partial charge in [-0.25, -0.2) is 0 Å². The van der Waals surface area contributed by atoms with Gasteiger partial charge in [-0.05, 0) is 44.5 Å². The molecule has 0 atom stereocenters. The maximum Gasteiger partial charge on any atom is 0.0916 e.